The molecule has 0 saturated carbocycles. The summed E-state index contributed by atoms with van der Waals surface area (Å²) >= 11 is 0. The molecule has 0 aliphatic carbocycles. The third-order valence-corrected chi connectivity index (χ3v) is 2.23. The highest BCUT2D eigenvalue weighted by Crippen LogP contribution is 2.23. The molecule has 0 amide bonds. The van der Waals surface area contributed by atoms with Crippen molar-refractivity contribution in [3.63, 3.8) is 0 Å². The van der Waals surface area contributed by atoms with Crippen molar-refractivity contribution in [3.05, 3.63) is 6.04 Å². The first-order valence-corrected chi connectivity index (χ1v) is 3.77. The molecule has 9 heavy (non-hydrogen) atoms. The molecule has 0 atom stereocenters. The van der Waals surface area contributed by atoms with Gasteiger partial charge in [-0.05, 0) is 19.4 Å². The van der Waals surface area contributed by atoms with E-state index in [1.54, 1.807) is 6.04 Å². The molecule has 0 spiro atoms. The molecule has 2 nitrogen and oxygen atoms in total. The van der Waals surface area contributed by atoms with Crippen molar-refractivity contribution < 1.29 is 0 Å². The zero-order valence-electron chi connectivity index (χ0n) is 5.69. The van der Waals surface area contributed by atoms with E-state index in [2.05, 4.69) is 10.2 Å². The van der Waals surface area contributed by atoms with Crippen molar-refractivity contribution in [2.45, 2.75) is 12.8 Å². The van der Waals surface area contributed by atoms with Crippen molar-refractivity contribution in [3.8, 4) is 0 Å². The summed E-state index contributed by atoms with van der Waals surface area (Å²) in [4.78, 5) is 2.52. The third kappa shape index (κ3) is 0.970. The number of hydrogen-bond donors (Lipinski definition) is 1. The molecule has 0 bridgehead atoms. The molecule has 2 saturated heterocycles. The molecule has 2 aliphatic heterocycles. The Morgan fingerprint density at radius 3 is 3.22 bits per heavy atom. The van der Waals surface area contributed by atoms with Gasteiger partial charge in [0, 0.05) is 19.6 Å². The van der Waals surface area contributed by atoms with E-state index in [0.29, 0.717) is 0 Å². The maximum Gasteiger partial charge on any atom is 0.0530 e. The molecule has 2 fully saturated rings. The highest BCUT2D eigenvalue weighted by Gasteiger charge is 2.26. The molecule has 0 aromatic heterocycles. The summed E-state index contributed by atoms with van der Waals surface area (Å²) in [6, 6.07) is 1.64. The van der Waals surface area contributed by atoms with Crippen LogP contribution in [0.4, 0.5) is 0 Å². The number of nitrogens with one attached hydrogen (secondary N) is 1. The fourth-order valence-electron chi connectivity index (χ4n) is 1.71. The summed E-state index contributed by atoms with van der Waals surface area (Å²) in [5, 5.41) is 3.38. The van der Waals surface area contributed by atoms with Crippen LogP contribution in [-0.4, -0.2) is 31.1 Å². The van der Waals surface area contributed by atoms with E-state index in [1.165, 1.54) is 32.5 Å². The predicted octanol–water partition coefficient (Wildman–Crippen LogP) is 0.217. The lowest BCUT2D eigenvalue weighted by Gasteiger charge is -2.28. The summed E-state index contributed by atoms with van der Waals surface area (Å²) in [5.74, 6) is 0. The molecular formula is C7H13N2. The molecule has 2 heterocycles. The maximum absolute atomic E-state index is 3.38. The van der Waals surface area contributed by atoms with Crippen LogP contribution in [0.2, 0.25) is 0 Å². The Kier molecular flexibility index (Phi) is 1.44. The number of fused-ring (bicyclic) bond motifs is 1. The van der Waals surface area contributed by atoms with Gasteiger partial charge in [0.2, 0.25) is 0 Å². The van der Waals surface area contributed by atoms with Crippen molar-refractivity contribution >= 4 is 0 Å². The van der Waals surface area contributed by atoms with E-state index < -0.39 is 0 Å². The normalized spacial score (nSPS) is 30.7. The summed E-state index contributed by atoms with van der Waals surface area (Å²) in [6.45, 7) is 4.90. The van der Waals surface area contributed by atoms with Gasteiger partial charge in [-0.25, -0.2) is 0 Å². The number of nitrogens with zero attached hydrogens (tertiary/aromatic N) is 1. The molecule has 0 unspecified atom stereocenters. The Bertz CT molecular complexity index is 91.1. The fourth-order valence-corrected chi connectivity index (χ4v) is 1.71. The highest BCUT2D eigenvalue weighted by molar-refractivity contribution is 5.00. The van der Waals surface area contributed by atoms with Crippen LogP contribution in [0.1, 0.15) is 12.8 Å². The topological polar surface area (TPSA) is 15.3 Å². The molecule has 1 radical (unpaired) electrons. The molecule has 1 N–H and O–H groups in total. The van der Waals surface area contributed by atoms with Crippen LogP contribution in [0, 0.1) is 6.04 Å². The Balaban J connectivity index is 1.97. The molecule has 0 aromatic carbocycles. The molecule has 2 aliphatic rings. The Morgan fingerprint density at radius 2 is 2.33 bits per heavy atom. The summed E-state index contributed by atoms with van der Waals surface area (Å²) in [6.07, 6.45) is 2.73. The Morgan fingerprint density at radius 1 is 1.33 bits per heavy atom. The largest absolute Gasteiger partial charge is 0.314 e. The molecule has 2 heteroatoms. The number of piperazine rings is 1. The van der Waals surface area contributed by atoms with Gasteiger partial charge in [0.15, 0.2) is 0 Å². The minimum absolute atomic E-state index is 1.15. The van der Waals surface area contributed by atoms with Gasteiger partial charge in [0.1, 0.15) is 0 Å². The molecule has 0 aromatic rings. The Labute approximate surface area is 56.2 Å². The third-order valence-electron chi connectivity index (χ3n) is 2.23. The smallest absolute Gasteiger partial charge is 0.0530 e. The highest BCUT2D eigenvalue weighted by atomic mass is 15.2. The van der Waals surface area contributed by atoms with E-state index in [-0.39, 0.29) is 0 Å². The predicted molar refractivity (Wildman–Crippen MR) is 36.9 cm³/mol. The van der Waals surface area contributed by atoms with Crippen molar-refractivity contribution in [1.29, 1.82) is 0 Å². The first-order valence-electron chi connectivity index (χ1n) is 3.77. The summed E-state index contributed by atoms with van der Waals surface area (Å²) in [5.41, 5.74) is 0. The van der Waals surface area contributed by atoms with Crippen LogP contribution in [0.5, 0.6) is 0 Å². The quantitative estimate of drug-likeness (QED) is 0.498. The molecule has 2 rings (SSSR count). The van der Waals surface area contributed by atoms with Gasteiger partial charge in [0.25, 0.3) is 0 Å². The Hall–Kier alpha value is -0.0800. The van der Waals surface area contributed by atoms with E-state index in [9.17, 15) is 0 Å². The first-order chi connectivity index (χ1) is 4.47. The SMILES string of the molecule is C1C[C]2CNCCN2C1. The lowest BCUT2D eigenvalue weighted by molar-refractivity contribution is 0.288. The zero-order chi connectivity index (χ0) is 6.10. The monoisotopic (exact) mass is 125 g/mol. The average molecular weight is 125 g/mol. The van der Waals surface area contributed by atoms with Gasteiger partial charge < -0.3 is 5.32 Å². The lowest BCUT2D eigenvalue weighted by Crippen LogP contribution is -2.42. The van der Waals surface area contributed by atoms with E-state index in [4.69, 9.17) is 0 Å². The maximum atomic E-state index is 3.38. The summed E-state index contributed by atoms with van der Waals surface area (Å²) in [7, 11) is 0. The van der Waals surface area contributed by atoms with E-state index >= 15 is 0 Å². The minimum atomic E-state index is 1.15. The van der Waals surface area contributed by atoms with Gasteiger partial charge in [0.05, 0.1) is 6.04 Å². The number of hydrogen-bond acceptors (Lipinski definition) is 2. The van der Waals surface area contributed by atoms with Crippen LogP contribution < -0.4 is 5.32 Å². The second-order valence-electron chi connectivity index (χ2n) is 2.83. The van der Waals surface area contributed by atoms with Gasteiger partial charge in [-0.1, -0.05) is 0 Å². The van der Waals surface area contributed by atoms with Gasteiger partial charge in [-0.15, -0.1) is 0 Å². The standard InChI is InChI=1S/C7H13N2/c1-2-7-6-8-3-5-9(7)4-1/h8H,1-6H2. The van der Waals surface area contributed by atoms with Crippen LogP contribution in [0.25, 0.3) is 0 Å². The zero-order valence-corrected chi connectivity index (χ0v) is 5.69. The molecule has 51 valence electrons. The van der Waals surface area contributed by atoms with E-state index in [0.717, 1.165) is 6.54 Å². The van der Waals surface area contributed by atoms with E-state index in [1.807, 2.05) is 0 Å². The van der Waals surface area contributed by atoms with Gasteiger partial charge in [-0.3, -0.25) is 4.90 Å². The van der Waals surface area contributed by atoms with Crippen molar-refractivity contribution in [2.75, 3.05) is 26.2 Å². The summed E-state index contributed by atoms with van der Waals surface area (Å²) < 4.78 is 0. The average Bonchev–Trinajstić information content (AvgIpc) is 2.33. The van der Waals surface area contributed by atoms with Gasteiger partial charge in [-0.2, -0.15) is 0 Å². The van der Waals surface area contributed by atoms with Gasteiger partial charge >= 0.3 is 0 Å². The second-order valence-corrected chi connectivity index (χ2v) is 2.83. The first kappa shape index (κ1) is 5.69. The molecular weight excluding hydrogens is 112 g/mol. The van der Waals surface area contributed by atoms with Crippen molar-refractivity contribution in [2.24, 2.45) is 0 Å². The second kappa shape index (κ2) is 2.27. The van der Waals surface area contributed by atoms with Crippen molar-refractivity contribution in [1.82, 2.24) is 10.2 Å². The number of rotatable bonds is 0. The van der Waals surface area contributed by atoms with Crippen LogP contribution in [-0.2, 0) is 0 Å². The van der Waals surface area contributed by atoms with Crippen LogP contribution in [0.3, 0.4) is 0 Å². The van der Waals surface area contributed by atoms with Crippen LogP contribution >= 0.6 is 0 Å². The lowest BCUT2D eigenvalue weighted by atomic mass is 10.2. The fraction of sp³-hybridized carbons (Fsp3) is 0.857. The van der Waals surface area contributed by atoms with Crippen LogP contribution in [0.15, 0.2) is 0 Å². The minimum Gasteiger partial charge on any atom is -0.314 e.